The Morgan fingerprint density at radius 2 is 2.31 bits per heavy atom. The molecule has 1 fully saturated rings. The Bertz CT molecular complexity index is 354. The second-order valence-corrected chi connectivity index (χ2v) is 4.70. The fourth-order valence-electron chi connectivity index (χ4n) is 2.51. The molecule has 1 aliphatic heterocycles. The maximum atomic E-state index is 5.64. The summed E-state index contributed by atoms with van der Waals surface area (Å²) >= 11 is 0. The highest BCUT2D eigenvalue weighted by Crippen LogP contribution is 2.31. The topological polar surface area (TPSA) is 34.2 Å². The minimum atomic E-state index is 0.359. The summed E-state index contributed by atoms with van der Waals surface area (Å²) < 4.78 is 5.64. The third-order valence-corrected chi connectivity index (χ3v) is 3.27. The Morgan fingerprint density at radius 3 is 2.88 bits per heavy atom. The molecule has 0 amide bonds. The van der Waals surface area contributed by atoms with Crippen LogP contribution in [-0.4, -0.2) is 24.7 Å². The van der Waals surface area contributed by atoms with Crippen LogP contribution in [0.4, 0.5) is 0 Å². The van der Waals surface area contributed by atoms with Crippen LogP contribution >= 0.6 is 0 Å². The molecular weight excluding hydrogens is 200 g/mol. The average Bonchev–Trinajstić information content (AvgIpc) is 2.66. The van der Waals surface area contributed by atoms with Crippen molar-refractivity contribution in [2.75, 3.05) is 13.7 Å². The van der Waals surface area contributed by atoms with Gasteiger partial charge >= 0.3 is 0 Å². The van der Waals surface area contributed by atoms with Crippen molar-refractivity contribution >= 4 is 0 Å². The molecule has 0 aromatic carbocycles. The predicted octanol–water partition coefficient (Wildman–Crippen LogP) is 2.08. The van der Waals surface area contributed by atoms with Crippen molar-refractivity contribution in [3.05, 3.63) is 29.6 Å². The summed E-state index contributed by atoms with van der Waals surface area (Å²) in [4.78, 5) is 4.26. The molecular formula is C13H20N2O. The van der Waals surface area contributed by atoms with Gasteiger partial charge in [0.2, 0.25) is 0 Å². The van der Waals surface area contributed by atoms with E-state index in [-0.39, 0.29) is 0 Å². The van der Waals surface area contributed by atoms with E-state index in [1.54, 1.807) is 0 Å². The summed E-state index contributed by atoms with van der Waals surface area (Å²) in [5.41, 5.74) is 2.48. The number of nitrogens with one attached hydrogen (secondary N) is 1. The number of hydrogen-bond acceptors (Lipinski definition) is 3. The molecule has 3 unspecified atom stereocenters. The SMILES string of the molecule is CNC(c1cncc(C)c1)C1COC(C)C1. The van der Waals surface area contributed by atoms with Gasteiger partial charge in [-0.25, -0.2) is 0 Å². The van der Waals surface area contributed by atoms with Crippen molar-refractivity contribution < 1.29 is 4.74 Å². The monoisotopic (exact) mass is 220 g/mol. The van der Waals surface area contributed by atoms with Crippen LogP contribution in [0.25, 0.3) is 0 Å². The molecule has 3 nitrogen and oxygen atoms in total. The maximum Gasteiger partial charge on any atom is 0.0551 e. The van der Waals surface area contributed by atoms with E-state index in [4.69, 9.17) is 4.74 Å². The third kappa shape index (κ3) is 2.42. The first-order valence-electron chi connectivity index (χ1n) is 5.91. The van der Waals surface area contributed by atoms with Crippen molar-refractivity contribution in [3.8, 4) is 0 Å². The Morgan fingerprint density at radius 1 is 1.50 bits per heavy atom. The maximum absolute atomic E-state index is 5.64. The molecule has 0 aliphatic carbocycles. The van der Waals surface area contributed by atoms with Crippen LogP contribution in [-0.2, 0) is 4.74 Å². The molecule has 0 spiro atoms. The van der Waals surface area contributed by atoms with Crippen LogP contribution in [0.5, 0.6) is 0 Å². The molecule has 16 heavy (non-hydrogen) atoms. The van der Waals surface area contributed by atoms with Gasteiger partial charge in [-0.15, -0.1) is 0 Å². The number of pyridine rings is 1. The summed E-state index contributed by atoms with van der Waals surface area (Å²) in [6.07, 6.45) is 5.36. The number of aromatic nitrogens is 1. The largest absolute Gasteiger partial charge is 0.378 e. The third-order valence-electron chi connectivity index (χ3n) is 3.27. The lowest BCUT2D eigenvalue weighted by molar-refractivity contribution is 0.117. The van der Waals surface area contributed by atoms with Crippen molar-refractivity contribution in [2.45, 2.75) is 32.4 Å². The fraction of sp³-hybridized carbons (Fsp3) is 0.615. The molecule has 88 valence electrons. The first-order chi connectivity index (χ1) is 7.70. The zero-order chi connectivity index (χ0) is 11.5. The van der Waals surface area contributed by atoms with E-state index in [2.05, 4.69) is 30.2 Å². The van der Waals surface area contributed by atoms with E-state index < -0.39 is 0 Å². The normalized spacial score (nSPS) is 26.9. The lowest BCUT2D eigenvalue weighted by atomic mass is 9.91. The Kier molecular flexibility index (Phi) is 3.56. The van der Waals surface area contributed by atoms with Gasteiger partial charge < -0.3 is 10.1 Å². The summed E-state index contributed by atoms with van der Waals surface area (Å²) in [5, 5.41) is 3.39. The average molecular weight is 220 g/mol. The molecule has 2 rings (SSSR count). The number of nitrogens with zero attached hydrogens (tertiary/aromatic N) is 1. The van der Waals surface area contributed by atoms with Crippen LogP contribution in [0.3, 0.4) is 0 Å². The molecule has 1 saturated heterocycles. The smallest absolute Gasteiger partial charge is 0.0551 e. The first-order valence-corrected chi connectivity index (χ1v) is 5.91. The lowest BCUT2D eigenvalue weighted by Crippen LogP contribution is -2.25. The van der Waals surface area contributed by atoms with Gasteiger partial charge in [-0.2, -0.15) is 0 Å². The standard InChI is InChI=1S/C13H20N2O/c1-9-4-11(7-15-6-9)13(14-3)12-5-10(2)16-8-12/h4,6-7,10,12-14H,5,8H2,1-3H3. The molecule has 2 heterocycles. The van der Waals surface area contributed by atoms with Gasteiger partial charge in [-0.05, 0) is 38.4 Å². The summed E-state index contributed by atoms with van der Waals surface area (Å²) in [6.45, 7) is 5.07. The van der Waals surface area contributed by atoms with Crippen LogP contribution in [0, 0.1) is 12.8 Å². The van der Waals surface area contributed by atoms with Crippen LogP contribution in [0.15, 0.2) is 18.5 Å². The van der Waals surface area contributed by atoms with E-state index in [1.807, 2.05) is 19.4 Å². The van der Waals surface area contributed by atoms with Gasteiger partial charge in [0.1, 0.15) is 0 Å². The van der Waals surface area contributed by atoms with Gasteiger partial charge in [-0.1, -0.05) is 6.07 Å². The Balaban J connectivity index is 2.16. The van der Waals surface area contributed by atoms with E-state index in [0.29, 0.717) is 18.1 Å². The van der Waals surface area contributed by atoms with Gasteiger partial charge in [0, 0.05) is 24.4 Å². The number of aryl methyl sites for hydroxylation is 1. The van der Waals surface area contributed by atoms with Gasteiger partial charge in [0.05, 0.1) is 12.7 Å². The predicted molar refractivity (Wildman–Crippen MR) is 64.3 cm³/mol. The number of ether oxygens (including phenoxy) is 1. The van der Waals surface area contributed by atoms with E-state index in [1.165, 1.54) is 11.1 Å². The molecule has 1 aromatic rings. The highest BCUT2D eigenvalue weighted by molar-refractivity contribution is 5.21. The molecule has 1 N–H and O–H groups in total. The van der Waals surface area contributed by atoms with Crippen molar-refractivity contribution in [3.63, 3.8) is 0 Å². The van der Waals surface area contributed by atoms with Crippen molar-refractivity contribution in [1.29, 1.82) is 0 Å². The van der Waals surface area contributed by atoms with E-state index in [0.717, 1.165) is 13.0 Å². The van der Waals surface area contributed by atoms with Gasteiger partial charge in [0.25, 0.3) is 0 Å². The lowest BCUT2D eigenvalue weighted by Gasteiger charge is -2.22. The molecule has 3 heteroatoms. The molecule has 0 bridgehead atoms. The number of hydrogen-bond donors (Lipinski definition) is 1. The van der Waals surface area contributed by atoms with E-state index >= 15 is 0 Å². The summed E-state index contributed by atoms with van der Waals surface area (Å²) in [7, 11) is 2.01. The molecule has 1 aliphatic rings. The van der Waals surface area contributed by atoms with Crippen LogP contribution < -0.4 is 5.32 Å². The number of rotatable bonds is 3. The van der Waals surface area contributed by atoms with Crippen molar-refractivity contribution in [2.24, 2.45) is 5.92 Å². The zero-order valence-corrected chi connectivity index (χ0v) is 10.2. The fourth-order valence-corrected chi connectivity index (χ4v) is 2.51. The Labute approximate surface area is 97.2 Å². The Hall–Kier alpha value is -0.930. The summed E-state index contributed by atoms with van der Waals surface area (Å²) in [5.74, 6) is 0.559. The van der Waals surface area contributed by atoms with Crippen LogP contribution in [0.2, 0.25) is 0 Å². The van der Waals surface area contributed by atoms with E-state index in [9.17, 15) is 0 Å². The minimum absolute atomic E-state index is 0.359. The zero-order valence-electron chi connectivity index (χ0n) is 10.2. The molecule has 1 aromatic heterocycles. The molecule has 0 saturated carbocycles. The molecule has 0 radical (unpaired) electrons. The highest BCUT2D eigenvalue weighted by atomic mass is 16.5. The van der Waals surface area contributed by atoms with Crippen molar-refractivity contribution in [1.82, 2.24) is 10.3 Å². The van der Waals surface area contributed by atoms with Gasteiger partial charge in [-0.3, -0.25) is 4.98 Å². The molecule has 3 atom stereocenters. The van der Waals surface area contributed by atoms with Crippen LogP contribution in [0.1, 0.15) is 30.5 Å². The van der Waals surface area contributed by atoms with Gasteiger partial charge in [0.15, 0.2) is 0 Å². The second-order valence-electron chi connectivity index (χ2n) is 4.70. The summed E-state index contributed by atoms with van der Waals surface area (Å²) in [6, 6.07) is 2.56. The second kappa shape index (κ2) is 4.93. The highest BCUT2D eigenvalue weighted by Gasteiger charge is 2.29. The first kappa shape index (κ1) is 11.6. The quantitative estimate of drug-likeness (QED) is 0.846. The minimum Gasteiger partial charge on any atom is -0.378 e.